The predicted molar refractivity (Wildman–Crippen MR) is 152 cm³/mol. The fourth-order valence-corrected chi connectivity index (χ4v) is 5.60. The molecule has 1 unspecified atom stereocenters. The molecule has 0 spiro atoms. The summed E-state index contributed by atoms with van der Waals surface area (Å²) >= 11 is 6.37. The van der Waals surface area contributed by atoms with Gasteiger partial charge in [0.05, 0.1) is 24.9 Å². The molecule has 9 heteroatoms. The zero-order chi connectivity index (χ0) is 27.6. The maximum Gasteiger partial charge on any atom is 0.410 e. The summed E-state index contributed by atoms with van der Waals surface area (Å²) in [5, 5.41) is 1.21. The molecule has 1 amide bonds. The summed E-state index contributed by atoms with van der Waals surface area (Å²) in [6.45, 7) is 11.5. The Balaban J connectivity index is 1.18. The number of halogens is 1. The number of fused-ring (bicyclic) bond motifs is 1. The van der Waals surface area contributed by atoms with Gasteiger partial charge in [0.15, 0.2) is 0 Å². The van der Waals surface area contributed by atoms with E-state index in [1.165, 1.54) is 0 Å². The Kier molecular flexibility index (Phi) is 8.33. The van der Waals surface area contributed by atoms with Gasteiger partial charge in [-0.05, 0) is 107 Å². The zero-order valence-electron chi connectivity index (χ0n) is 23.4. The Labute approximate surface area is 235 Å². The molecule has 2 fully saturated rings. The van der Waals surface area contributed by atoms with Crippen molar-refractivity contribution in [2.24, 2.45) is 5.92 Å². The highest BCUT2D eigenvalue weighted by Gasteiger charge is 2.27. The van der Waals surface area contributed by atoms with Crippen LogP contribution in [0.2, 0.25) is 5.28 Å². The number of rotatable bonds is 7. The van der Waals surface area contributed by atoms with Crippen molar-refractivity contribution in [3.05, 3.63) is 41.3 Å². The van der Waals surface area contributed by atoms with Gasteiger partial charge in [-0.2, -0.15) is 4.98 Å². The van der Waals surface area contributed by atoms with Crippen LogP contribution in [0.3, 0.4) is 0 Å². The summed E-state index contributed by atoms with van der Waals surface area (Å²) < 4.78 is 19.6. The number of amides is 1. The summed E-state index contributed by atoms with van der Waals surface area (Å²) in [4.78, 5) is 23.2. The Hall–Kier alpha value is -2.84. The molecule has 4 heterocycles. The monoisotopic (exact) mass is 554 g/mol. The standard InChI is InChI=1S/C30H39ClN4O4/c1-20-18-22(26-24-11-15-35(19-23-6-5-16-37-23)27(24)33-28(31)32-26)7-8-25(20)38-17-12-21-9-13-34(14-10-21)29(36)39-30(2,3)4/h7-8,11,15,18,21,23H,5-6,9-10,12-14,16-17,19H2,1-4H3. The summed E-state index contributed by atoms with van der Waals surface area (Å²) in [6, 6.07) is 8.21. The lowest BCUT2D eigenvalue weighted by molar-refractivity contribution is 0.0177. The Morgan fingerprint density at radius 1 is 1.15 bits per heavy atom. The Bertz CT molecular complexity index is 1300. The minimum Gasteiger partial charge on any atom is -0.493 e. The van der Waals surface area contributed by atoms with Crippen molar-refractivity contribution in [2.45, 2.75) is 78.0 Å². The lowest BCUT2D eigenvalue weighted by Crippen LogP contribution is -2.41. The predicted octanol–water partition coefficient (Wildman–Crippen LogP) is 6.66. The van der Waals surface area contributed by atoms with Crippen LogP contribution in [0.1, 0.15) is 58.4 Å². The van der Waals surface area contributed by atoms with Gasteiger partial charge in [-0.15, -0.1) is 0 Å². The van der Waals surface area contributed by atoms with E-state index in [1.807, 2.05) is 44.0 Å². The third-order valence-corrected chi connectivity index (χ3v) is 7.68. The minimum atomic E-state index is -0.462. The quantitative estimate of drug-likeness (QED) is 0.304. The van der Waals surface area contributed by atoms with Crippen LogP contribution in [0, 0.1) is 12.8 Å². The van der Waals surface area contributed by atoms with E-state index in [-0.39, 0.29) is 17.5 Å². The fourth-order valence-electron chi connectivity index (χ4n) is 5.44. The van der Waals surface area contributed by atoms with E-state index >= 15 is 0 Å². The van der Waals surface area contributed by atoms with Crippen molar-refractivity contribution in [2.75, 3.05) is 26.3 Å². The first kappa shape index (κ1) is 27.7. The number of carbonyl (C=O) groups excluding carboxylic acids is 1. The summed E-state index contributed by atoms with van der Waals surface area (Å²) in [5.41, 5.74) is 3.22. The second-order valence-corrected chi connectivity index (χ2v) is 12.0. The lowest BCUT2D eigenvalue weighted by Gasteiger charge is -2.33. The van der Waals surface area contributed by atoms with Crippen LogP contribution < -0.4 is 4.74 Å². The van der Waals surface area contributed by atoms with Gasteiger partial charge in [0, 0.05) is 36.8 Å². The van der Waals surface area contributed by atoms with Crippen LogP contribution in [0.5, 0.6) is 5.75 Å². The molecular formula is C30H39ClN4O4. The van der Waals surface area contributed by atoms with Crippen molar-refractivity contribution in [3.8, 4) is 17.0 Å². The highest BCUT2D eigenvalue weighted by molar-refractivity contribution is 6.28. The number of aromatic nitrogens is 3. The first-order valence-electron chi connectivity index (χ1n) is 14.0. The van der Waals surface area contributed by atoms with Gasteiger partial charge in [0.25, 0.3) is 0 Å². The molecule has 39 heavy (non-hydrogen) atoms. The maximum atomic E-state index is 12.3. The van der Waals surface area contributed by atoms with Crippen LogP contribution in [0.15, 0.2) is 30.5 Å². The number of aryl methyl sites for hydroxylation is 1. The highest BCUT2D eigenvalue weighted by atomic mass is 35.5. The van der Waals surface area contributed by atoms with Crippen LogP contribution in [-0.4, -0.2) is 63.5 Å². The lowest BCUT2D eigenvalue weighted by atomic mass is 9.94. The zero-order valence-corrected chi connectivity index (χ0v) is 24.2. The second kappa shape index (κ2) is 11.7. The molecule has 0 saturated carbocycles. The molecule has 0 aliphatic carbocycles. The van der Waals surface area contributed by atoms with Gasteiger partial charge in [0.2, 0.25) is 5.28 Å². The Morgan fingerprint density at radius 3 is 2.64 bits per heavy atom. The van der Waals surface area contributed by atoms with Gasteiger partial charge >= 0.3 is 6.09 Å². The summed E-state index contributed by atoms with van der Waals surface area (Å²) in [6.07, 6.45) is 7.12. The molecule has 1 aromatic carbocycles. The molecule has 210 valence electrons. The number of piperidine rings is 1. The molecule has 0 bridgehead atoms. The van der Waals surface area contributed by atoms with Gasteiger partial charge in [0.1, 0.15) is 17.0 Å². The van der Waals surface area contributed by atoms with Crippen LogP contribution in [0.25, 0.3) is 22.3 Å². The van der Waals surface area contributed by atoms with Crippen molar-refractivity contribution < 1.29 is 19.0 Å². The molecule has 2 aromatic heterocycles. The van der Waals surface area contributed by atoms with E-state index < -0.39 is 5.60 Å². The van der Waals surface area contributed by atoms with Crippen molar-refractivity contribution in [3.63, 3.8) is 0 Å². The Morgan fingerprint density at radius 2 is 1.95 bits per heavy atom. The average molecular weight is 555 g/mol. The number of ether oxygens (including phenoxy) is 3. The minimum absolute atomic E-state index is 0.213. The van der Waals surface area contributed by atoms with Gasteiger partial charge in [-0.25, -0.2) is 9.78 Å². The van der Waals surface area contributed by atoms with Gasteiger partial charge < -0.3 is 23.7 Å². The SMILES string of the molecule is Cc1cc(-c2nc(Cl)nc3c2ccn3CC2CCCO2)ccc1OCCC1CCN(C(=O)OC(C)(C)C)CC1. The van der Waals surface area contributed by atoms with Gasteiger partial charge in [-0.3, -0.25) is 0 Å². The topological polar surface area (TPSA) is 78.7 Å². The maximum absolute atomic E-state index is 12.3. The highest BCUT2D eigenvalue weighted by Crippen LogP contribution is 2.32. The normalized spacial score (nSPS) is 18.6. The average Bonchev–Trinajstić information content (AvgIpc) is 3.54. The number of hydrogen-bond acceptors (Lipinski definition) is 6. The van der Waals surface area contributed by atoms with E-state index in [1.54, 1.807) is 0 Å². The molecular weight excluding hydrogens is 516 g/mol. The van der Waals surface area contributed by atoms with E-state index in [9.17, 15) is 4.79 Å². The molecule has 5 rings (SSSR count). The third kappa shape index (κ3) is 6.84. The van der Waals surface area contributed by atoms with Crippen LogP contribution in [-0.2, 0) is 16.0 Å². The second-order valence-electron chi connectivity index (χ2n) is 11.7. The number of carbonyl (C=O) groups is 1. The molecule has 2 aliphatic rings. The first-order chi connectivity index (χ1) is 18.7. The van der Waals surface area contributed by atoms with E-state index in [4.69, 9.17) is 25.8 Å². The van der Waals surface area contributed by atoms with Crippen LogP contribution in [0.4, 0.5) is 4.79 Å². The summed E-state index contributed by atoms with van der Waals surface area (Å²) in [5.74, 6) is 1.41. The van der Waals surface area contributed by atoms with Gasteiger partial charge in [-0.1, -0.05) is 0 Å². The van der Waals surface area contributed by atoms with E-state index in [0.717, 1.165) is 91.9 Å². The van der Waals surface area contributed by atoms with Crippen molar-refractivity contribution >= 4 is 28.7 Å². The molecule has 3 aromatic rings. The van der Waals surface area contributed by atoms with Crippen LogP contribution >= 0.6 is 11.6 Å². The molecule has 8 nitrogen and oxygen atoms in total. The largest absolute Gasteiger partial charge is 0.493 e. The third-order valence-electron chi connectivity index (χ3n) is 7.51. The van der Waals surface area contributed by atoms with E-state index in [0.29, 0.717) is 12.5 Å². The number of nitrogens with zero attached hydrogens (tertiary/aromatic N) is 4. The van der Waals surface area contributed by atoms with E-state index in [2.05, 4.69) is 33.6 Å². The molecule has 2 saturated heterocycles. The number of hydrogen-bond donors (Lipinski definition) is 0. The smallest absolute Gasteiger partial charge is 0.410 e. The molecule has 0 N–H and O–H groups in total. The number of likely N-dealkylation sites (tertiary alicyclic amines) is 1. The summed E-state index contributed by atoms with van der Waals surface area (Å²) in [7, 11) is 0. The number of benzene rings is 1. The molecule has 0 radical (unpaired) electrons. The first-order valence-corrected chi connectivity index (χ1v) is 14.4. The molecule has 2 aliphatic heterocycles. The van der Waals surface area contributed by atoms with Crippen molar-refractivity contribution in [1.29, 1.82) is 0 Å². The van der Waals surface area contributed by atoms with Crippen molar-refractivity contribution in [1.82, 2.24) is 19.4 Å². The fraction of sp³-hybridized carbons (Fsp3) is 0.567. The molecule has 1 atom stereocenters.